The number of aliphatic hydroxyl groups is 1. The van der Waals surface area contributed by atoms with Gasteiger partial charge in [0.15, 0.2) is 0 Å². The van der Waals surface area contributed by atoms with E-state index in [0.29, 0.717) is 0 Å². The van der Waals surface area contributed by atoms with E-state index in [1.54, 1.807) is 36.5 Å². The van der Waals surface area contributed by atoms with Gasteiger partial charge in [0.25, 0.3) is 0 Å². The van der Waals surface area contributed by atoms with E-state index >= 15 is 0 Å². The molecule has 4 nitrogen and oxygen atoms in total. The van der Waals surface area contributed by atoms with Crippen LogP contribution in [0.25, 0.3) is 27.6 Å². The van der Waals surface area contributed by atoms with E-state index in [0.717, 1.165) is 32.0 Å². The average molecular weight is 481 g/mol. The second kappa shape index (κ2) is 11.9. The number of halogens is 1. The van der Waals surface area contributed by atoms with E-state index in [1.807, 2.05) is 36.4 Å². The molecule has 34 heavy (non-hydrogen) atoms. The van der Waals surface area contributed by atoms with Gasteiger partial charge in [-0.1, -0.05) is 68.5 Å². The Morgan fingerprint density at radius 2 is 1.74 bits per heavy atom. The van der Waals surface area contributed by atoms with Crippen molar-refractivity contribution in [2.75, 3.05) is 6.61 Å². The van der Waals surface area contributed by atoms with Gasteiger partial charge >= 0.3 is 5.97 Å². The first-order valence-corrected chi connectivity index (χ1v) is 12.1. The largest absolute Gasteiger partial charge is 0.466 e. The van der Waals surface area contributed by atoms with Crippen LogP contribution >= 0.6 is 11.3 Å². The molecule has 0 saturated carbocycles. The Kier molecular flexibility index (Phi) is 8.91. The van der Waals surface area contributed by atoms with Crippen LogP contribution in [-0.2, 0) is 14.3 Å². The number of Topliss-reactive ketones (excluding diaryl/α,β-unsaturated/α-hetero) is 1. The number of ether oxygens (including phenoxy) is 1. The first kappa shape index (κ1) is 25.5. The highest BCUT2D eigenvalue weighted by Gasteiger charge is 2.21. The van der Waals surface area contributed by atoms with E-state index in [2.05, 4.69) is 13.8 Å². The predicted octanol–water partition coefficient (Wildman–Crippen LogP) is 6.63. The normalized spacial score (nSPS) is 12.3. The van der Waals surface area contributed by atoms with Crippen molar-refractivity contribution in [3.63, 3.8) is 0 Å². The second-order valence-corrected chi connectivity index (χ2v) is 9.31. The molecule has 1 N–H and O–H groups in total. The summed E-state index contributed by atoms with van der Waals surface area (Å²) in [5, 5.41) is 10.5. The number of carbonyl (C=O) groups excluding carboxylic acids is 2. The molecule has 6 heteroatoms. The van der Waals surface area contributed by atoms with Crippen LogP contribution in [0.4, 0.5) is 4.39 Å². The zero-order valence-corrected chi connectivity index (χ0v) is 20.4. The quantitative estimate of drug-likeness (QED) is 0.261. The van der Waals surface area contributed by atoms with Gasteiger partial charge in [0.05, 0.1) is 12.7 Å². The number of thiophene rings is 1. The molecule has 0 fully saturated rings. The first-order chi connectivity index (χ1) is 16.3. The summed E-state index contributed by atoms with van der Waals surface area (Å²) >= 11 is 1.67. The number of rotatable bonds is 10. The standard InChI is InChI=1S/C28H29FO4S/c1-4-33-25(32)17-23(31)16-22(30)14-15-24-26(19-10-12-21(29)13-11-19)28(34-27(24)18(2)3)20-8-6-5-7-9-20/h5-15,18,22,30H,4,16-17H2,1-3H3. The van der Waals surface area contributed by atoms with Crippen LogP contribution in [0.2, 0.25) is 0 Å². The summed E-state index contributed by atoms with van der Waals surface area (Å²) in [5.74, 6) is -1.07. The lowest BCUT2D eigenvalue weighted by atomic mass is 9.94. The third-order valence-corrected chi connectivity index (χ3v) is 6.79. The highest BCUT2D eigenvalue weighted by molar-refractivity contribution is 7.16. The zero-order valence-electron chi connectivity index (χ0n) is 19.6. The summed E-state index contributed by atoms with van der Waals surface area (Å²) in [4.78, 5) is 25.8. The van der Waals surface area contributed by atoms with Crippen LogP contribution in [0.5, 0.6) is 0 Å². The lowest BCUT2D eigenvalue weighted by Crippen LogP contribution is -2.16. The maximum absolute atomic E-state index is 13.7. The molecular weight excluding hydrogens is 451 g/mol. The third kappa shape index (κ3) is 6.49. The molecule has 3 aromatic rings. The van der Waals surface area contributed by atoms with Crippen LogP contribution in [0.3, 0.4) is 0 Å². The highest BCUT2D eigenvalue weighted by atomic mass is 32.1. The lowest BCUT2D eigenvalue weighted by molar-refractivity contribution is -0.145. The minimum atomic E-state index is -1.04. The summed E-state index contributed by atoms with van der Waals surface area (Å²) in [6, 6.07) is 16.4. The molecule has 2 aromatic carbocycles. The molecule has 0 aliphatic rings. The van der Waals surface area contributed by atoms with Gasteiger partial charge in [0, 0.05) is 21.7 Å². The lowest BCUT2D eigenvalue weighted by Gasteiger charge is -2.10. The van der Waals surface area contributed by atoms with E-state index < -0.39 is 12.1 Å². The van der Waals surface area contributed by atoms with Gasteiger partial charge in [-0.15, -0.1) is 11.3 Å². The Balaban J connectivity index is 2.00. The fraction of sp³-hybridized carbons (Fsp3) is 0.286. The van der Waals surface area contributed by atoms with E-state index in [1.165, 1.54) is 12.1 Å². The Labute approximate surface area is 203 Å². The van der Waals surface area contributed by atoms with Gasteiger partial charge < -0.3 is 9.84 Å². The molecule has 3 rings (SSSR count). The van der Waals surface area contributed by atoms with Gasteiger partial charge in [-0.3, -0.25) is 9.59 Å². The van der Waals surface area contributed by atoms with Gasteiger partial charge in [0.1, 0.15) is 18.0 Å². The van der Waals surface area contributed by atoms with Crippen LogP contribution in [0.1, 0.15) is 50.0 Å². The molecular formula is C28H29FO4S. The molecule has 0 spiro atoms. The van der Waals surface area contributed by atoms with Crippen LogP contribution < -0.4 is 0 Å². The van der Waals surface area contributed by atoms with Crippen molar-refractivity contribution in [1.29, 1.82) is 0 Å². The third-order valence-electron chi connectivity index (χ3n) is 5.24. The Hall–Kier alpha value is -3.09. The Morgan fingerprint density at radius 3 is 2.35 bits per heavy atom. The molecule has 1 heterocycles. The summed E-state index contributed by atoms with van der Waals surface area (Å²) < 4.78 is 18.5. The first-order valence-electron chi connectivity index (χ1n) is 11.3. The van der Waals surface area contributed by atoms with Crippen molar-refractivity contribution >= 4 is 29.2 Å². The maximum Gasteiger partial charge on any atom is 0.313 e. The van der Waals surface area contributed by atoms with Gasteiger partial charge in [-0.05, 0) is 41.7 Å². The number of hydrogen-bond donors (Lipinski definition) is 1. The zero-order chi connectivity index (χ0) is 24.7. The fourth-order valence-corrected chi connectivity index (χ4v) is 5.03. The molecule has 1 unspecified atom stereocenters. The molecule has 0 radical (unpaired) electrons. The molecule has 1 atom stereocenters. The topological polar surface area (TPSA) is 63.6 Å². The SMILES string of the molecule is CCOC(=O)CC(=O)CC(O)C=Cc1c(C(C)C)sc(-c2ccccc2)c1-c1ccc(F)cc1. The van der Waals surface area contributed by atoms with Crippen molar-refractivity contribution in [2.45, 2.75) is 45.6 Å². The van der Waals surface area contributed by atoms with Crippen molar-refractivity contribution < 1.29 is 23.8 Å². The summed E-state index contributed by atoms with van der Waals surface area (Å²) in [7, 11) is 0. The minimum absolute atomic E-state index is 0.173. The fourth-order valence-electron chi connectivity index (χ4n) is 3.71. The highest BCUT2D eigenvalue weighted by Crippen LogP contribution is 2.46. The Morgan fingerprint density at radius 1 is 1.06 bits per heavy atom. The predicted molar refractivity (Wildman–Crippen MR) is 135 cm³/mol. The summed E-state index contributed by atoms with van der Waals surface area (Å²) in [6.45, 7) is 6.09. The molecule has 178 valence electrons. The number of aliphatic hydroxyl groups excluding tert-OH is 1. The average Bonchev–Trinajstić information content (AvgIpc) is 3.18. The molecule has 0 saturated heterocycles. The number of benzene rings is 2. The molecule has 0 amide bonds. The molecule has 1 aromatic heterocycles. The Bertz CT molecular complexity index is 1150. The maximum atomic E-state index is 13.7. The van der Waals surface area contributed by atoms with Gasteiger partial charge in [-0.2, -0.15) is 0 Å². The number of esters is 1. The summed E-state index contributed by atoms with van der Waals surface area (Å²) in [5.41, 5.74) is 3.82. The molecule has 0 aliphatic carbocycles. The van der Waals surface area contributed by atoms with E-state index in [9.17, 15) is 19.1 Å². The number of hydrogen-bond acceptors (Lipinski definition) is 5. The van der Waals surface area contributed by atoms with E-state index in [4.69, 9.17) is 4.74 Å². The second-order valence-electron chi connectivity index (χ2n) is 8.26. The molecule has 0 bridgehead atoms. The van der Waals surface area contributed by atoms with Crippen molar-refractivity contribution in [2.24, 2.45) is 0 Å². The van der Waals surface area contributed by atoms with E-state index in [-0.39, 0.29) is 37.0 Å². The monoisotopic (exact) mass is 480 g/mol. The van der Waals surface area contributed by atoms with Crippen LogP contribution in [0, 0.1) is 5.82 Å². The molecule has 0 aliphatic heterocycles. The van der Waals surface area contributed by atoms with Crippen LogP contribution in [-0.4, -0.2) is 29.6 Å². The van der Waals surface area contributed by atoms with Gasteiger partial charge in [0.2, 0.25) is 0 Å². The smallest absolute Gasteiger partial charge is 0.313 e. The van der Waals surface area contributed by atoms with Gasteiger partial charge in [-0.25, -0.2) is 4.39 Å². The van der Waals surface area contributed by atoms with Crippen LogP contribution in [0.15, 0.2) is 60.7 Å². The number of ketones is 1. The summed E-state index contributed by atoms with van der Waals surface area (Å²) in [6.07, 6.45) is 1.85. The minimum Gasteiger partial charge on any atom is -0.466 e. The number of carbonyl (C=O) groups is 2. The van der Waals surface area contributed by atoms with Crippen molar-refractivity contribution in [3.8, 4) is 21.6 Å². The van der Waals surface area contributed by atoms with Crippen molar-refractivity contribution in [1.82, 2.24) is 0 Å². The van der Waals surface area contributed by atoms with Crippen molar-refractivity contribution in [3.05, 3.63) is 76.9 Å².